The Labute approximate surface area is 114 Å². The summed E-state index contributed by atoms with van der Waals surface area (Å²) in [5, 5.41) is 12.5. The zero-order valence-electron chi connectivity index (χ0n) is 11.5. The smallest absolute Gasteiger partial charge is 0.223 e. The molecule has 0 saturated carbocycles. The summed E-state index contributed by atoms with van der Waals surface area (Å²) in [7, 11) is 0. The zero-order chi connectivity index (χ0) is 13.7. The van der Waals surface area contributed by atoms with Crippen molar-refractivity contribution in [1.82, 2.24) is 9.97 Å². The van der Waals surface area contributed by atoms with E-state index in [4.69, 9.17) is 5.73 Å². The number of piperidine rings is 1. The molecule has 0 aromatic carbocycles. The van der Waals surface area contributed by atoms with Gasteiger partial charge in [-0.2, -0.15) is 9.97 Å². The van der Waals surface area contributed by atoms with Crippen molar-refractivity contribution >= 4 is 17.6 Å². The summed E-state index contributed by atoms with van der Waals surface area (Å²) >= 11 is 0. The normalized spacial score (nSPS) is 19.5. The molecular formula is C13H23N5O. The van der Waals surface area contributed by atoms with Crippen LogP contribution in [0.2, 0.25) is 0 Å². The number of hydrogen-bond donors (Lipinski definition) is 3. The van der Waals surface area contributed by atoms with Gasteiger partial charge in [0.25, 0.3) is 0 Å². The van der Waals surface area contributed by atoms with Gasteiger partial charge in [-0.15, -0.1) is 0 Å². The number of nitrogens with zero attached hydrogens (tertiary/aromatic N) is 3. The van der Waals surface area contributed by atoms with Gasteiger partial charge in [0.2, 0.25) is 5.95 Å². The van der Waals surface area contributed by atoms with E-state index in [1.54, 1.807) is 0 Å². The summed E-state index contributed by atoms with van der Waals surface area (Å²) in [6.45, 7) is 5.00. The summed E-state index contributed by atoms with van der Waals surface area (Å²) in [5.74, 6) is 2.25. The highest BCUT2D eigenvalue weighted by Gasteiger charge is 2.21. The number of aliphatic hydroxyl groups is 1. The molecular weight excluding hydrogens is 242 g/mol. The van der Waals surface area contributed by atoms with Gasteiger partial charge in [0, 0.05) is 32.3 Å². The number of aliphatic hydroxyl groups excluding tert-OH is 1. The third kappa shape index (κ3) is 3.70. The Kier molecular flexibility index (Phi) is 4.79. The van der Waals surface area contributed by atoms with Crippen LogP contribution < -0.4 is 16.0 Å². The topological polar surface area (TPSA) is 87.3 Å². The molecule has 0 spiro atoms. The van der Waals surface area contributed by atoms with Gasteiger partial charge in [-0.25, -0.2) is 0 Å². The predicted molar refractivity (Wildman–Crippen MR) is 77.2 cm³/mol. The molecule has 0 bridgehead atoms. The highest BCUT2D eigenvalue weighted by molar-refractivity contribution is 5.52. The molecule has 1 aromatic rings. The van der Waals surface area contributed by atoms with E-state index >= 15 is 0 Å². The highest BCUT2D eigenvalue weighted by atomic mass is 16.3. The molecule has 1 unspecified atom stereocenters. The van der Waals surface area contributed by atoms with Crippen LogP contribution in [-0.4, -0.2) is 41.3 Å². The lowest BCUT2D eigenvalue weighted by Gasteiger charge is -2.32. The van der Waals surface area contributed by atoms with Crippen LogP contribution in [0.4, 0.5) is 17.6 Å². The second-order valence-electron chi connectivity index (χ2n) is 5.03. The summed E-state index contributed by atoms with van der Waals surface area (Å²) < 4.78 is 0. The van der Waals surface area contributed by atoms with E-state index < -0.39 is 0 Å². The molecule has 1 fully saturated rings. The minimum atomic E-state index is 0.234. The van der Waals surface area contributed by atoms with E-state index in [0.29, 0.717) is 11.9 Å². The van der Waals surface area contributed by atoms with Gasteiger partial charge in [-0.3, -0.25) is 0 Å². The summed E-state index contributed by atoms with van der Waals surface area (Å²) in [5.41, 5.74) is 5.77. The van der Waals surface area contributed by atoms with Crippen LogP contribution in [-0.2, 0) is 0 Å². The SMILES string of the molecule is CCCNc1cc(N2CCCC(CO)C2)nc(N)n1. The van der Waals surface area contributed by atoms with Crippen molar-refractivity contribution < 1.29 is 5.11 Å². The maximum atomic E-state index is 9.28. The van der Waals surface area contributed by atoms with Crippen molar-refractivity contribution in [2.45, 2.75) is 26.2 Å². The number of aromatic nitrogens is 2. The fourth-order valence-electron chi connectivity index (χ4n) is 2.38. The molecule has 0 amide bonds. The first-order valence-electron chi connectivity index (χ1n) is 6.97. The van der Waals surface area contributed by atoms with E-state index in [1.807, 2.05) is 6.07 Å². The molecule has 6 nitrogen and oxygen atoms in total. The number of rotatable bonds is 5. The van der Waals surface area contributed by atoms with E-state index in [2.05, 4.69) is 27.1 Å². The number of nitrogen functional groups attached to an aromatic ring is 1. The van der Waals surface area contributed by atoms with Crippen LogP contribution >= 0.6 is 0 Å². The molecule has 1 aliphatic rings. The standard InChI is InChI=1S/C13H23N5O/c1-2-5-15-11-7-12(17-13(14)16-11)18-6-3-4-10(8-18)9-19/h7,10,19H,2-6,8-9H2,1H3,(H3,14,15,16,17). The Balaban J connectivity index is 2.11. The van der Waals surface area contributed by atoms with Gasteiger partial charge in [-0.05, 0) is 25.2 Å². The molecule has 2 rings (SSSR count). The average Bonchev–Trinajstić information content (AvgIpc) is 2.44. The Morgan fingerprint density at radius 3 is 3.11 bits per heavy atom. The lowest BCUT2D eigenvalue weighted by Crippen LogP contribution is -2.37. The molecule has 0 aliphatic carbocycles. The summed E-state index contributed by atoms with van der Waals surface area (Å²) in [6.07, 6.45) is 3.19. The summed E-state index contributed by atoms with van der Waals surface area (Å²) in [6, 6.07) is 1.94. The fourth-order valence-corrected chi connectivity index (χ4v) is 2.38. The molecule has 1 aliphatic heterocycles. The quantitative estimate of drug-likeness (QED) is 0.738. The fraction of sp³-hybridized carbons (Fsp3) is 0.692. The van der Waals surface area contributed by atoms with E-state index in [9.17, 15) is 5.11 Å². The lowest BCUT2D eigenvalue weighted by atomic mass is 9.99. The van der Waals surface area contributed by atoms with Gasteiger partial charge < -0.3 is 21.1 Å². The maximum absolute atomic E-state index is 9.28. The molecule has 106 valence electrons. The van der Waals surface area contributed by atoms with E-state index in [-0.39, 0.29) is 6.61 Å². The summed E-state index contributed by atoms with van der Waals surface area (Å²) in [4.78, 5) is 10.7. The number of nitrogens with one attached hydrogen (secondary N) is 1. The van der Waals surface area contributed by atoms with Crippen LogP contribution in [0.25, 0.3) is 0 Å². The first-order valence-corrected chi connectivity index (χ1v) is 6.97. The van der Waals surface area contributed by atoms with Gasteiger partial charge >= 0.3 is 0 Å². The Bertz CT molecular complexity index is 412. The molecule has 6 heteroatoms. The van der Waals surface area contributed by atoms with Crippen molar-refractivity contribution in [3.05, 3.63) is 6.07 Å². The lowest BCUT2D eigenvalue weighted by molar-refractivity contribution is 0.208. The minimum Gasteiger partial charge on any atom is -0.396 e. The Morgan fingerprint density at radius 1 is 1.53 bits per heavy atom. The molecule has 2 heterocycles. The average molecular weight is 265 g/mol. The molecule has 1 saturated heterocycles. The van der Waals surface area contributed by atoms with Crippen molar-refractivity contribution in [2.75, 3.05) is 42.2 Å². The first-order chi connectivity index (χ1) is 9.22. The van der Waals surface area contributed by atoms with E-state index in [0.717, 1.165) is 50.5 Å². The molecule has 4 N–H and O–H groups in total. The monoisotopic (exact) mass is 265 g/mol. The third-order valence-corrected chi connectivity index (χ3v) is 3.39. The van der Waals surface area contributed by atoms with Crippen LogP contribution in [0.3, 0.4) is 0 Å². The first kappa shape index (κ1) is 13.9. The van der Waals surface area contributed by atoms with Crippen molar-refractivity contribution in [1.29, 1.82) is 0 Å². The van der Waals surface area contributed by atoms with Gasteiger partial charge in [-0.1, -0.05) is 6.92 Å². The van der Waals surface area contributed by atoms with E-state index in [1.165, 1.54) is 0 Å². The molecule has 0 radical (unpaired) electrons. The maximum Gasteiger partial charge on any atom is 0.223 e. The second-order valence-corrected chi connectivity index (χ2v) is 5.03. The minimum absolute atomic E-state index is 0.234. The number of nitrogens with two attached hydrogens (primary N) is 1. The molecule has 1 atom stereocenters. The Hall–Kier alpha value is -1.56. The number of hydrogen-bond acceptors (Lipinski definition) is 6. The van der Waals surface area contributed by atoms with Crippen molar-refractivity contribution in [2.24, 2.45) is 5.92 Å². The predicted octanol–water partition coefficient (Wildman–Crippen LogP) is 1.09. The zero-order valence-corrected chi connectivity index (χ0v) is 11.5. The van der Waals surface area contributed by atoms with Crippen molar-refractivity contribution in [3.63, 3.8) is 0 Å². The van der Waals surface area contributed by atoms with Gasteiger partial charge in [0.05, 0.1) is 0 Å². The van der Waals surface area contributed by atoms with Crippen molar-refractivity contribution in [3.8, 4) is 0 Å². The van der Waals surface area contributed by atoms with Crippen LogP contribution in [0.1, 0.15) is 26.2 Å². The largest absolute Gasteiger partial charge is 0.396 e. The molecule has 1 aromatic heterocycles. The van der Waals surface area contributed by atoms with Crippen LogP contribution in [0.15, 0.2) is 6.07 Å². The highest BCUT2D eigenvalue weighted by Crippen LogP contribution is 2.23. The molecule has 19 heavy (non-hydrogen) atoms. The number of anilines is 3. The third-order valence-electron chi connectivity index (χ3n) is 3.39. The second kappa shape index (κ2) is 6.56. The van der Waals surface area contributed by atoms with Crippen LogP contribution in [0.5, 0.6) is 0 Å². The van der Waals surface area contributed by atoms with Gasteiger partial charge in [0.1, 0.15) is 11.6 Å². The van der Waals surface area contributed by atoms with Crippen LogP contribution in [0, 0.1) is 5.92 Å². The van der Waals surface area contributed by atoms with Gasteiger partial charge in [0.15, 0.2) is 0 Å². The Morgan fingerprint density at radius 2 is 2.37 bits per heavy atom.